The lowest BCUT2D eigenvalue weighted by Crippen LogP contribution is -2.38. The van der Waals surface area contributed by atoms with Gasteiger partial charge in [-0.1, -0.05) is 48.0 Å². The van der Waals surface area contributed by atoms with Crippen LogP contribution in [0.1, 0.15) is 23.6 Å². The lowest BCUT2D eigenvalue weighted by molar-refractivity contribution is -0.136. The van der Waals surface area contributed by atoms with Crippen LogP contribution in [-0.4, -0.2) is 23.5 Å². The first-order chi connectivity index (χ1) is 11.5. The lowest BCUT2D eigenvalue weighted by atomic mass is 10.0. The van der Waals surface area contributed by atoms with Crippen molar-refractivity contribution in [2.75, 3.05) is 11.9 Å². The molecule has 6 heteroatoms. The van der Waals surface area contributed by atoms with Crippen LogP contribution in [0.15, 0.2) is 48.5 Å². The second-order valence-corrected chi connectivity index (χ2v) is 5.80. The third-order valence-electron chi connectivity index (χ3n) is 3.58. The summed E-state index contributed by atoms with van der Waals surface area (Å²) in [6, 6.07) is 13.8. The van der Waals surface area contributed by atoms with E-state index in [1.807, 2.05) is 37.3 Å². The van der Waals surface area contributed by atoms with Crippen LogP contribution in [0, 0.1) is 6.92 Å². The number of hydrogen-bond donors (Lipinski definition) is 3. The minimum absolute atomic E-state index is 0.102. The fraction of sp³-hybridized carbons (Fsp3) is 0.222. The Kier molecular flexibility index (Phi) is 6.35. The van der Waals surface area contributed by atoms with Crippen molar-refractivity contribution in [3.8, 4) is 0 Å². The molecule has 2 rings (SSSR count). The Morgan fingerprint density at radius 2 is 1.83 bits per heavy atom. The van der Waals surface area contributed by atoms with E-state index in [1.165, 1.54) is 0 Å². The number of rotatable bonds is 5. The topological polar surface area (TPSA) is 78.4 Å². The molecule has 0 aliphatic rings. The zero-order valence-electron chi connectivity index (χ0n) is 13.3. The molecule has 2 amide bonds. The molecule has 0 fully saturated rings. The van der Waals surface area contributed by atoms with Crippen molar-refractivity contribution >= 4 is 29.1 Å². The van der Waals surface area contributed by atoms with E-state index in [0.29, 0.717) is 17.1 Å². The normalized spacial score (nSPS) is 11.6. The summed E-state index contributed by atoms with van der Waals surface area (Å²) in [5.74, 6) is -1.55. The highest BCUT2D eigenvalue weighted by molar-refractivity contribution is 6.40. The first-order valence-corrected chi connectivity index (χ1v) is 7.93. The molecule has 0 saturated carbocycles. The number of benzene rings is 2. The molecule has 3 N–H and O–H groups in total. The number of aliphatic hydroxyl groups excluding tert-OH is 1. The van der Waals surface area contributed by atoms with Crippen molar-refractivity contribution in [3.05, 3.63) is 64.7 Å². The highest BCUT2D eigenvalue weighted by Gasteiger charge is 2.20. The maximum atomic E-state index is 12.2. The fourth-order valence-corrected chi connectivity index (χ4v) is 2.44. The predicted octanol–water partition coefficient (Wildman–Crippen LogP) is 2.83. The Hall–Kier alpha value is -2.37. The second kappa shape index (κ2) is 8.47. The van der Waals surface area contributed by atoms with Crippen LogP contribution < -0.4 is 10.6 Å². The lowest BCUT2D eigenvalue weighted by Gasteiger charge is -2.18. The molecule has 0 bridgehead atoms. The summed E-state index contributed by atoms with van der Waals surface area (Å²) in [5, 5.41) is 14.9. The quantitative estimate of drug-likeness (QED) is 0.728. The summed E-state index contributed by atoms with van der Waals surface area (Å²) in [5.41, 5.74) is 2.11. The minimum Gasteiger partial charge on any atom is -0.396 e. The van der Waals surface area contributed by atoms with Crippen LogP contribution in [-0.2, 0) is 9.59 Å². The Morgan fingerprint density at radius 3 is 2.50 bits per heavy atom. The van der Waals surface area contributed by atoms with Gasteiger partial charge in [-0.15, -0.1) is 0 Å². The first kappa shape index (κ1) is 18.0. The second-order valence-electron chi connectivity index (χ2n) is 5.36. The number of hydrogen-bond acceptors (Lipinski definition) is 3. The van der Waals surface area contributed by atoms with Crippen molar-refractivity contribution in [1.82, 2.24) is 5.32 Å². The molecule has 2 aromatic carbocycles. The van der Waals surface area contributed by atoms with Gasteiger partial charge in [-0.25, -0.2) is 0 Å². The molecule has 0 saturated heterocycles. The predicted molar refractivity (Wildman–Crippen MR) is 93.8 cm³/mol. The van der Waals surface area contributed by atoms with Gasteiger partial charge in [-0.2, -0.15) is 0 Å². The Bertz CT molecular complexity index is 719. The van der Waals surface area contributed by atoms with Gasteiger partial charge >= 0.3 is 11.8 Å². The number of aryl methyl sites for hydroxylation is 1. The Morgan fingerprint density at radius 1 is 1.12 bits per heavy atom. The van der Waals surface area contributed by atoms with E-state index in [9.17, 15) is 14.7 Å². The number of anilines is 1. The van der Waals surface area contributed by atoms with E-state index < -0.39 is 17.9 Å². The summed E-state index contributed by atoms with van der Waals surface area (Å²) in [4.78, 5) is 24.3. The van der Waals surface area contributed by atoms with Crippen LogP contribution in [0.2, 0.25) is 5.02 Å². The third kappa shape index (κ3) is 4.81. The monoisotopic (exact) mass is 346 g/mol. The van der Waals surface area contributed by atoms with E-state index in [1.54, 1.807) is 18.2 Å². The number of carbonyl (C=O) groups is 2. The maximum absolute atomic E-state index is 12.2. The van der Waals surface area contributed by atoms with Crippen LogP contribution in [0.5, 0.6) is 0 Å². The molecule has 1 unspecified atom stereocenters. The SMILES string of the molecule is Cc1ccc(Cl)cc1NC(=O)C(=O)NC(CCO)c1ccccc1. The van der Waals surface area contributed by atoms with E-state index in [4.69, 9.17) is 11.6 Å². The summed E-state index contributed by atoms with van der Waals surface area (Å²) in [7, 11) is 0. The van der Waals surface area contributed by atoms with E-state index in [-0.39, 0.29) is 6.61 Å². The van der Waals surface area contributed by atoms with Crippen molar-refractivity contribution in [3.63, 3.8) is 0 Å². The number of amides is 2. The Labute approximate surface area is 145 Å². The maximum Gasteiger partial charge on any atom is 0.313 e. The summed E-state index contributed by atoms with van der Waals surface area (Å²) >= 11 is 5.91. The number of carbonyl (C=O) groups excluding carboxylic acids is 2. The highest BCUT2D eigenvalue weighted by Crippen LogP contribution is 2.20. The van der Waals surface area contributed by atoms with Crippen molar-refractivity contribution in [2.45, 2.75) is 19.4 Å². The molecule has 0 spiro atoms. The molecular formula is C18H19ClN2O3. The van der Waals surface area contributed by atoms with Gasteiger partial charge in [0.25, 0.3) is 0 Å². The molecule has 0 aliphatic heterocycles. The standard InChI is InChI=1S/C18H19ClN2O3/c1-12-7-8-14(19)11-16(12)21-18(24)17(23)20-15(9-10-22)13-5-3-2-4-6-13/h2-8,11,15,22H,9-10H2,1H3,(H,20,23)(H,21,24). The van der Waals surface area contributed by atoms with Gasteiger partial charge in [0.15, 0.2) is 0 Å². The average Bonchev–Trinajstić information content (AvgIpc) is 2.58. The van der Waals surface area contributed by atoms with Crippen molar-refractivity contribution < 1.29 is 14.7 Å². The summed E-state index contributed by atoms with van der Waals surface area (Å²) in [6.07, 6.45) is 0.319. The first-order valence-electron chi connectivity index (χ1n) is 7.55. The van der Waals surface area contributed by atoms with Gasteiger partial charge in [0.05, 0.1) is 6.04 Å². The zero-order chi connectivity index (χ0) is 17.5. The highest BCUT2D eigenvalue weighted by atomic mass is 35.5. The van der Waals surface area contributed by atoms with Gasteiger partial charge in [0.2, 0.25) is 0 Å². The van der Waals surface area contributed by atoms with Crippen LogP contribution in [0.3, 0.4) is 0 Å². The molecule has 1 atom stereocenters. The van der Waals surface area contributed by atoms with Gasteiger partial charge in [-0.3, -0.25) is 9.59 Å². The minimum atomic E-state index is -0.778. The van der Waals surface area contributed by atoms with Crippen molar-refractivity contribution in [2.24, 2.45) is 0 Å². The van der Waals surface area contributed by atoms with Gasteiger partial charge in [-0.05, 0) is 36.6 Å². The summed E-state index contributed by atoms with van der Waals surface area (Å²) in [6.45, 7) is 1.71. The zero-order valence-corrected chi connectivity index (χ0v) is 14.0. The third-order valence-corrected chi connectivity index (χ3v) is 3.81. The molecular weight excluding hydrogens is 328 g/mol. The van der Waals surface area contributed by atoms with Crippen LogP contribution in [0.4, 0.5) is 5.69 Å². The van der Waals surface area contributed by atoms with E-state index >= 15 is 0 Å². The average molecular weight is 347 g/mol. The van der Waals surface area contributed by atoms with Gasteiger partial charge in [0.1, 0.15) is 0 Å². The largest absolute Gasteiger partial charge is 0.396 e. The molecule has 126 valence electrons. The number of halogens is 1. The number of aliphatic hydroxyl groups is 1. The molecule has 0 heterocycles. The van der Waals surface area contributed by atoms with E-state index in [0.717, 1.165) is 11.1 Å². The summed E-state index contributed by atoms with van der Waals surface area (Å²) < 4.78 is 0. The molecule has 0 aliphatic carbocycles. The van der Waals surface area contributed by atoms with Gasteiger partial charge < -0.3 is 15.7 Å². The molecule has 0 aromatic heterocycles. The van der Waals surface area contributed by atoms with Crippen LogP contribution >= 0.6 is 11.6 Å². The fourth-order valence-electron chi connectivity index (χ4n) is 2.27. The van der Waals surface area contributed by atoms with E-state index in [2.05, 4.69) is 10.6 Å². The molecule has 24 heavy (non-hydrogen) atoms. The molecule has 5 nitrogen and oxygen atoms in total. The van der Waals surface area contributed by atoms with Crippen molar-refractivity contribution in [1.29, 1.82) is 0 Å². The van der Waals surface area contributed by atoms with Crippen LogP contribution in [0.25, 0.3) is 0 Å². The Balaban J connectivity index is 2.06. The molecule has 2 aromatic rings. The van der Waals surface area contributed by atoms with Gasteiger partial charge in [0, 0.05) is 17.3 Å². The smallest absolute Gasteiger partial charge is 0.313 e. The number of nitrogens with one attached hydrogen (secondary N) is 2. The molecule has 0 radical (unpaired) electrons.